The quantitative estimate of drug-likeness (QED) is 0.474. The molecule has 0 saturated carbocycles. The maximum atomic E-state index is 12.7. The lowest BCUT2D eigenvalue weighted by atomic mass is 9.78. The summed E-state index contributed by atoms with van der Waals surface area (Å²) < 4.78 is 5.88. The van der Waals surface area contributed by atoms with Crippen LogP contribution >= 0.6 is 0 Å². The van der Waals surface area contributed by atoms with Crippen LogP contribution in [0.15, 0.2) is 53.7 Å². The lowest BCUT2D eigenvalue weighted by Gasteiger charge is -2.46. The van der Waals surface area contributed by atoms with E-state index in [2.05, 4.69) is 11.8 Å². The predicted molar refractivity (Wildman–Crippen MR) is 118 cm³/mol. The van der Waals surface area contributed by atoms with Gasteiger partial charge < -0.3 is 19.8 Å². The van der Waals surface area contributed by atoms with Gasteiger partial charge in [0.25, 0.3) is 0 Å². The van der Waals surface area contributed by atoms with Crippen molar-refractivity contribution in [2.45, 2.75) is 26.0 Å². The highest BCUT2D eigenvalue weighted by molar-refractivity contribution is 6.22. The molecule has 7 nitrogen and oxygen atoms in total. The summed E-state index contributed by atoms with van der Waals surface area (Å²) in [5, 5.41) is 19.6. The summed E-state index contributed by atoms with van der Waals surface area (Å²) in [6.07, 6.45) is -0.863. The third kappa shape index (κ3) is 2.99. The Morgan fingerprint density at radius 1 is 1.12 bits per heavy atom. The number of carboxylic acid groups (broad SMARTS) is 1. The SMILES string of the molecule is CC(O)C1C(=O)N2C(C(=O)O)=C(C#CCOc3cccc4c3-c3ccccc3C4=O)C(C)[C@H]12. The summed E-state index contributed by atoms with van der Waals surface area (Å²) in [7, 11) is 0. The van der Waals surface area contributed by atoms with Crippen molar-refractivity contribution in [1.29, 1.82) is 0 Å². The molecule has 33 heavy (non-hydrogen) atoms. The van der Waals surface area contributed by atoms with E-state index in [1.165, 1.54) is 11.8 Å². The normalized spacial score (nSPS) is 23.2. The lowest BCUT2D eigenvalue weighted by Crippen LogP contribution is -2.63. The molecule has 2 heterocycles. The van der Waals surface area contributed by atoms with Gasteiger partial charge in [-0.2, -0.15) is 0 Å². The smallest absolute Gasteiger partial charge is 0.353 e. The van der Waals surface area contributed by atoms with Crippen LogP contribution in [0.25, 0.3) is 11.1 Å². The van der Waals surface area contributed by atoms with E-state index in [9.17, 15) is 24.6 Å². The van der Waals surface area contributed by atoms with Gasteiger partial charge in [-0.25, -0.2) is 4.79 Å². The molecule has 4 atom stereocenters. The number of aliphatic carboxylic acids is 1. The number of ketones is 1. The second-order valence-electron chi connectivity index (χ2n) is 8.47. The second kappa shape index (κ2) is 7.61. The van der Waals surface area contributed by atoms with Crippen LogP contribution < -0.4 is 4.74 Å². The van der Waals surface area contributed by atoms with Crippen molar-refractivity contribution in [1.82, 2.24) is 4.90 Å². The number of nitrogens with zero attached hydrogens (tertiary/aromatic N) is 1. The molecule has 7 heteroatoms. The zero-order chi connectivity index (χ0) is 23.4. The number of rotatable bonds is 4. The topological polar surface area (TPSA) is 104 Å². The zero-order valence-electron chi connectivity index (χ0n) is 18.0. The van der Waals surface area contributed by atoms with Crippen LogP contribution in [0.4, 0.5) is 0 Å². The zero-order valence-corrected chi connectivity index (χ0v) is 18.0. The molecule has 3 aliphatic rings. The van der Waals surface area contributed by atoms with Gasteiger partial charge in [0.1, 0.15) is 18.1 Å². The van der Waals surface area contributed by atoms with Gasteiger partial charge in [-0.1, -0.05) is 55.2 Å². The summed E-state index contributed by atoms with van der Waals surface area (Å²) in [5.41, 5.74) is 2.98. The molecule has 2 aliphatic heterocycles. The number of carbonyl (C=O) groups is 3. The van der Waals surface area contributed by atoms with Crippen molar-refractivity contribution >= 4 is 17.7 Å². The number of benzene rings is 2. The van der Waals surface area contributed by atoms with Gasteiger partial charge in [0.2, 0.25) is 5.91 Å². The number of aliphatic hydroxyl groups is 1. The molecule has 1 fully saturated rings. The minimum absolute atomic E-state index is 0.0195. The van der Waals surface area contributed by atoms with Crippen LogP contribution in [0.2, 0.25) is 0 Å². The van der Waals surface area contributed by atoms with Crippen molar-refractivity contribution in [2.24, 2.45) is 11.8 Å². The Hall–Kier alpha value is -3.89. The van der Waals surface area contributed by atoms with Gasteiger partial charge >= 0.3 is 5.97 Å². The van der Waals surface area contributed by atoms with Crippen molar-refractivity contribution in [2.75, 3.05) is 6.61 Å². The molecule has 2 aromatic rings. The first-order valence-electron chi connectivity index (χ1n) is 10.7. The van der Waals surface area contributed by atoms with Gasteiger partial charge in [0.05, 0.1) is 18.1 Å². The molecule has 5 rings (SSSR count). The molecule has 2 aromatic carbocycles. The molecule has 0 aromatic heterocycles. The lowest BCUT2D eigenvalue weighted by molar-refractivity contribution is -0.163. The van der Waals surface area contributed by atoms with Crippen molar-refractivity contribution < 1.29 is 29.3 Å². The Morgan fingerprint density at radius 2 is 1.82 bits per heavy atom. The first-order chi connectivity index (χ1) is 15.8. The van der Waals surface area contributed by atoms with Crippen molar-refractivity contribution in [3.8, 4) is 28.7 Å². The molecule has 2 N–H and O–H groups in total. The maximum absolute atomic E-state index is 12.7. The minimum atomic E-state index is -1.22. The Labute approximate surface area is 190 Å². The van der Waals surface area contributed by atoms with E-state index >= 15 is 0 Å². The van der Waals surface area contributed by atoms with E-state index in [0.717, 1.165) is 11.1 Å². The van der Waals surface area contributed by atoms with Crippen LogP contribution in [0.5, 0.6) is 5.75 Å². The number of aliphatic hydroxyl groups excluding tert-OH is 1. The fourth-order valence-corrected chi connectivity index (χ4v) is 5.13. The number of β-lactam (4-membered cyclic amide) rings is 1. The van der Waals surface area contributed by atoms with Gasteiger partial charge in [-0.3, -0.25) is 9.59 Å². The summed E-state index contributed by atoms with van der Waals surface area (Å²) >= 11 is 0. The maximum Gasteiger partial charge on any atom is 0.353 e. The van der Waals surface area contributed by atoms with Crippen LogP contribution in [0.3, 0.4) is 0 Å². The van der Waals surface area contributed by atoms with Gasteiger partial charge in [0, 0.05) is 28.2 Å². The number of carbonyl (C=O) groups excluding carboxylic acids is 2. The first kappa shape index (κ1) is 21.0. The van der Waals surface area contributed by atoms with Crippen LogP contribution in [-0.4, -0.2) is 51.5 Å². The van der Waals surface area contributed by atoms with Gasteiger partial charge in [-0.15, -0.1) is 0 Å². The summed E-state index contributed by atoms with van der Waals surface area (Å²) in [5.74, 6) is 3.68. The molecule has 0 spiro atoms. The number of hydrogen-bond donors (Lipinski definition) is 2. The highest BCUT2D eigenvalue weighted by atomic mass is 16.5. The predicted octanol–water partition coefficient (Wildman–Crippen LogP) is 2.48. The molecule has 1 amide bonds. The summed E-state index contributed by atoms with van der Waals surface area (Å²) in [4.78, 5) is 38.2. The molecule has 3 unspecified atom stereocenters. The summed E-state index contributed by atoms with van der Waals surface area (Å²) in [6.45, 7) is 3.33. The number of carboxylic acids is 1. The molecule has 1 aliphatic carbocycles. The van der Waals surface area contributed by atoms with Crippen molar-refractivity contribution in [3.05, 3.63) is 64.9 Å². The average molecular weight is 443 g/mol. The largest absolute Gasteiger partial charge is 0.480 e. The number of hydrogen-bond acceptors (Lipinski definition) is 5. The highest BCUT2D eigenvalue weighted by Gasteiger charge is 2.59. The fraction of sp³-hybridized carbons (Fsp3) is 0.269. The van der Waals surface area contributed by atoms with Gasteiger partial charge in [0.15, 0.2) is 5.78 Å². The van der Waals surface area contributed by atoms with Crippen LogP contribution in [0, 0.1) is 23.7 Å². The van der Waals surface area contributed by atoms with E-state index in [1.54, 1.807) is 24.3 Å². The van der Waals surface area contributed by atoms with E-state index in [-0.39, 0.29) is 24.0 Å². The van der Waals surface area contributed by atoms with Gasteiger partial charge in [-0.05, 0) is 18.6 Å². The molecule has 166 valence electrons. The van der Waals surface area contributed by atoms with E-state index in [1.807, 2.05) is 25.1 Å². The van der Waals surface area contributed by atoms with Crippen LogP contribution in [0.1, 0.15) is 29.8 Å². The van der Waals surface area contributed by atoms with E-state index in [0.29, 0.717) is 22.4 Å². The first-order valence-corrected chi connectivity index (χ1v) is 10.7. The Kier molecular flexibility index (Phi) is 4.84. The third-order valence-electron chi connectivity index (χ3n) is 6.61. The van der Waals surface area contributed by atoms with Crippen LogP contribution in [-0.2, 0) is 9.59 Å². The Morgan fingerprint density at radius 3 is 2.52 bits per heavy atom. The average Bonchev–Trinajstić information content (AvgIpc) is 3.21. The Bertz CT molecular complexity index is 1310. The minimum Gasteiger partial charge on any atom is -0.480 e. The standard InChI is InChI=1S/C26H21NO6/c1-13-15(23(26(31)32)27-22(13)20(14(2)28)25(27)30)10-6-12-33-19-11-5-9-18-21(19)16-7-3-4-8-17(16)24(18)29/h3-5,7-9,11,13-14,20,22,28H,12H2,1-2H3,(H,31,32)/t13?,14?,20?,22-/m1/s1. The molecule has 0 radical (unpaired) electrons. The van der Waals surface area contributed by atoms with Crippen molar-refractivity contribution in [3.63, 3.8) is 0 Å². The summed E-state index contributed by atoms with van der Waals surface area (Å²) in [6, 6.07) is 12.2. The number of ether oxygens (including phenoxy) is 1. The number of fused-ring (bicyclic) bond motifs is 4. The second-order valence-corrected chi connectivity index (χ2v) is 8.47. The molecule has 1 saturated heterocycles. The molecule has 0 bridgehead atoms. The monoisotopic (exact) mass is 443 g/mol. The fourth-order valence-electron chi connectivity index (χ4n) is 5.13. The molecular weight excluding hydrogens is 422 g/mol. The third-order valence-corrected chi connectivity index (χ3v) is 6.61. The Balaban J connectivity index is 1.40. The number of amides is 1. The molecular formula is C26H21NO6. The van der Waals surface area contributed by atoms with E-state index < -0.39 is 29.9 Å². The van der Waals surface area contributed by atoms with E-state index in [4.69, 9.17) is 4.74 Å². The highest BCUT2D eigenvalue weighted by Crippen LogP contribution is 2.47.